The summed E-state index contributed by atoms with van der Waals surface area (Å²) in [5.74, 6) is -0.915. The standard InChI is InChI=1S/C20H22N8O3S.H3N/c21-16-15-17(27-20(22)26-16)23-8-12(24-15)9-28-5-3-10-7-11(1-2-14(10)28)18(29)25-13(4-6-32)19(30)31;/h1-2,7-8,13,32H,3-6,9H2,(H,25,29)(H,30,31)(H4,21,22,23,26,27);1H3. The van der Waals surface area contributed by atoms with Crippen LogP contribution in [-0.2, 0) is 17.8 Å². The molecule has 2 aromatic heterocycles. The van der Waals surface area contributed by atoms with E-state index in [2.05, 4.69) is 42.8 Å². The molecular weight excluding hydrogens is 446 g/mol. The smallest absolute Gasteiger partial charge is 0.326 e. The number of thiol groups is 1. The molecule has 1 aliphatic heterocycles. The molecule has 0 bridgehead atoms. The molecule has 9 N–H and O–H groups in total. The molecule has 3 aromatic rings. The van der Waals surface area contributed by atoms with Gasteiger partial charge in [0.25, 0.3) is 5.91 Å². The number of carboxylic acids is 1. The van der Waals surface area contributed by atoms with Crippen molar-refractivity contribution in [3.8, 4) is 0 Å². The van der Waals surface area contributed by atoms with Crippen molar-refractivity contribution in [2.24, 2.45) is 0 Å². The molecule has 3 heterocycles. The van der Waals surface area contributed by atoms with Gasteiger partial charge in [-0.05, 0) is 42.4 Å². The topological polar surface area (TPSA) is 208 Å². The van der Waals surface area contributed by atoms with Gasteiger partial charge in [-0.15, -0.1) is 0 Å². The van der Waals surface area contributed by atoms with Crippen LogP contribution < -0.4 is 27.8 Å². The fourth-order valence-corrected chi connectivity index (χ4v) is 3.92. The number of nitrogens with one attached hydrogen (secondary N) is 1. The van der Waals surface area contributed by atoms with E-state index in [1.807, 2.05) is 6.07 Å². The van der Waals surface area contributed by atoms with Crippen molar-refractivity contribution in [3.63, 3.8) is 0 Å². The van der Waals surface area contributed by atoms with Crippen LogP contribution in [0.15, 0.2) is 24.4 Å². The largest absolute Gasteiger partial charge is 0.480 e. The van der Waals surface area contributed by atoms with Gasteiger partial charge in [0.2, 0.25) is 5.95 Å². The number of hydrogen-bond acceptors (Lipinski definition) is 11. The zero-order chi connectivity index (χ0) is 22.8. The van der Waals surface area contributed by atoms with Crippen molar-refractivity contribution in [3.05, 3.63) is 41.2 Å². The number of amides is 1. The van der Waals surface area contributed by atoms with Crippen LogP contribution in [0.4, 0.5) is 17.5 Å². The Kier molecular flexibility index (Phi) is 7.13. The van der Waals surface area contributed by atoms with Crippen molar-refractivity contribution in [2.75, 3.05) is 28.7 Å². The third kappa shape index (κ3) is 5.04. The number of rotatable bonds is 7. The van der Waals surface area contributed by atoms with E-state index in [-0.39, 0.29) is 24.3 Å². The van der Waals surface area contributed by atoms with Crippen LogP contribution in [0.2, 0.25) is 0 Å². The fourth-order valence-electron chi connectivity index (χ4n) is 3.66. The average molecular weight is 472 g/mol. The first kappa shape index (κ1) is 23.9. The molecule has 0 aliphatic carbocycles. The minimum Gasteiger partial charge on any atom is -0.480 e. The molecule has 0 saturated heterocycles. The van der Waals surface area contributed by atoms with Crippen LogP contribution in [0.3, 0.4) is 0 Å². The highest BCUT2D eigenvalue weighted by Crippen LogP contribution is 2.30. The predicted molar refractivity (Wildman–Crippen MR) is 128 cm³/mol. The Balaban J connectivity index is 0.00000306. The molecule has 1 atom stereocenters. The number of fused-ring (bicyclic) bond motifs is 2. The number of nitrogens with two attached hydrogens (primary N) is 2. The minimum absolute atomic E-state index is 0. The van der Waals surface area contributed by atoms with Gasteiger partial charge in [-0.2, -0.15) is 22.6 Å². The summed E-state index contributed by atoms with van der Waals surface area (Å²) in [7, 11) is 0. The summed E-state index contributed by atoms with van der Waals surface area (Å²) >= 11 is 4.05. The number of benzene rings is 1. The number of nitrogen functional groups attached to an aromatic ring is 2. The maximum atomic E-state index is 12.5. The maximum Gasteiger partial charge on any atom is 0.326 e. The van der Waals surface area contributed by atoms with Crippen molar-refractivity contribution >= 4 is 53.1 Å². The molecule has 33 heavy (non-hydrogen) atoms. The van der Waals surface area contributed by atoms with Gasteiger partial charge in [0.1, 0.15) is 6.04 Å². The Morgan fingerprint density at radius 1 is 1.24 bits per heavy atom. The molecule has 1 unspecified atom stereocenters. The average Bonchev–Trinajstić information content (AvgIpc) is 3.15. The number of nitrogens with zero attached hydrogens (tertiary/aromatic N) is 5. The van der Waals surface area contributed by atoms with E-state index in [1.54, 1.807) is 18.3 Å². The summed E-state index contributed by atoms with van der Waals surface area (Å²) in [6.45, 7) is 1.24. The quantitative estimate of drug-likeness (QED) is 0.266. The van der Waals surface area contributed by atoms with E-state index in [0.717, 1.165) is 24.2 Å². The number of aliphatic carboxylic acids is 1. The molecule has 0 fully saturated rings. The number of carboxylic acid groups (broad SMARTS) is 1. The van der Waals surface area contributed by atoms with E-state index in [1.165, 1.54) is 0 Å². The second-order valence-corrected chi connectivity index (χ2v) is 7.84. The van der Waals surface area contributed by atoms with Crippen molar-refractivity contribution in [1.29, 1.82) is 0 Å². The maximum absolute atomic E-state index is 12.5. The Morgan fingerprint density at radius 2 is 2.03 bits per heavy atom. The molecule has 13 heteroatoms. The first-order valence-electron chi connectivity index (χ1n) is 9.92. The molecule has 1 amide bonds. The Morgan fingerprint density at radius 3 is 2.76 bits per heavy atom. The summed E-state index contributed by atoms with van der Waals surface area (Å²) in [5.41, 5.74) is 15.3. The number of carbonyl (C=O) groups excluding carboxylic acids is 1. The van der Waals surface area contributed by atoms with Crippen molar-refractivity contribution in [2.45, 2.75) is 25.4 Å². The summed E-state index contributed by atoms with van der Waals surface area (Å²) < 4.78 is 0. The Hall–Kier alpha value is -3.71. The van der Waals surface area contributed by atoms with Crippen LogP contribution in [0.25, 0.3) is 11.2 Å². The molecule has 0 saturated carbocycles. The van der Waals surface area contributed by atoms with Gasteiger partial charge in [-0.25, -0.2) is 14.8 Å². The first-order chi connectivity index (χ1) is 15.4. The third-order valence-electron chi connectivity index (χ3n) is 5.21. The normalized spacial score (nSPS) is 13.3. The fraction of sp³-hybridized carbons (Fsp3) is 0.300. The predicted octanol–water partition coefficient (Wildman–Crippen LogP) is 0.812. The van der Waals surface area contributed by atoms with Gasteiger partial charge in [0.15, 0.2) is 17.0 Å². The molecule has 174 valence electrons. The van der Waals surface area contributed by atoms with E-state index in [0.29, 0.717) is 34.7 Å². The summed E-state index contributed by atoms with van der Waals surface area (Å²) in [5, 5.41) is 11.8. The lowest BCUT2D eigenvalue weighted by molar-refractivity contribution is -0.139. The second kappa shape index (κ2) is 9.83. The van der Waals surface area contributed by atoms with Crippen LogP contribution >= 0.6 is 12.6 Å². The third-order valence-corrected chi connectivity index (χ3v) is 5.47. The number of aromatic nitrogens is 4. The second-order valence-electron chi connectivity index (χ2n) is 7.39. The molecule has 0 radical (unpaired) electrons. The summed E-state index contributed by atoms with van der Waals surface area (Å²) in [6, 6.07) is 4.37. The Bertz CT molecular complexity index is 1210. The zero-order valence-corrected chi connectivity index (χ0v) is 18.6. The van der Waals surface area contributed by atoms with Crippen LogP contribution in [0, 0.1) is 0 Å². The van der Waals surface area contributed by atoms with Gasteiger partial charge < -0.3 is 32.9 Å². The van der Waals surface area contributed by atoms with Gasteiger partial charge >= 0.3 is 5.97 Å². The Labute approximate surface area is 194 Å². The van der Waals surface area contributed by atoms with Gasteiger partial charge in [0.05, 0.1) is 18.4 Å². The molecule has 1 aliphatic rings. The summed E-state index contributed by atoms with van der Waals surface area (Å²) in [4.78, 5) is 42.7. The van der Waals surface area contributed by atoms with Crippen LogP contribution in [0.1, 0.15) is 28.0 Å². The van der Waals surface area contributed by atoms with E-state index >= 15 is 0 Å². The summed E-state index contributed by atoms with van der Waals surface area (Å²) in [6.07, 6.45) is 2.62. The van der Waals surface area contributed by atoms with Gasteiger partial charge in [-0.3, -0.25) is 4.79 Å². The molecular formula is C20H25N9O3S. The lowest BCUT2D eigenvalue weighted by atomic mass is 10.1. The lowest BCUT2D eigenvalue weighted by Gasteiger charge is -2.19. The first-order valence-corrected chi connectivity index (χ1v) is 10.6. The number of anilines is 3. The van der Waals surface area contributed by atoms with Crippen LogP contribution in [0.5, 0.6) is 0 Å². The van der Waals surface area contributed by atoms with E-state index in [9.17, 15) is 14.7 Å². The highest BCUT2D eigenvalue weighted by molar-refractivity contribution is 7.80. The SMILES string of the molecule is N.Nc1nc(N)c2nc(CN3CCc4cc(C(=O)NC(CCS)C(=O)O)ccc43)cnc2n1. The number of carbonyl (C=O) groups is 2. The number of hydrogen-bond donors (Lipinski definition) is 6. The molecule has 0 spiro atoms. The van der Waals surface area contributed by atoms with Crippen molar-refractivity contribution < 1.29 is 14.7 Å². The lowest BCUT2D eigenvalue weighted by Crippen LogP contribution is -2.41. The van der Waals surface area contributed by atoms with Gasteiger partial charge in [0, 0.05) is 17.8 Å². The van der Waals surface area contributed by atoms with Crippen LogP contribution in [-0.4, -0.2) is 55.3 Å². The monoisotopic (exact) mass is 471 g/mol. The minimum atomic E-state index is -1.08. The van der Waals surface area contributed by atoms with E-state index < -0.39 is 17.9 Å². The highest BCUT2D eigenvalue weighted by Gasteiger charge is 2.24. The van der Waals surface area contributed by atoms with Gasteiger partial charge in [-0.1, -0.05) is 0 Å². The highest BCUT2D eigenvalue weighted by atomic mass is 32.1. The zero-order valence-electron chi connectivity index (χ0n) is 17.7. The molecule has 4 rings (SSSR count). The molecule has 12 nitrogen and oxygen atoms in total. The van der Waals surface area contributed by atoms with E-state index in [4.69, 9.17) is 11.5 Å². The van der Waals surface area contributed by atoms with Crippen molar-refractivity contribution in [1.82, 2.24) is 31.4 Å². The molecule has 1 aromatic carbocycles.